The maximum Gasteiger partial charge on any atom is 0.238 e. The monoisotopic (exact) mass is 313 g/mol. The normalized spacial score (nSPS) is 22.4. The summed E-state index contributed by atoms with van der Waals surface area (Å²) in [7, 11) is 3.29. The Hall–Kier alpha value is -1.34. The van der Waals surface area contributed by atoms with Crippen molar-refractivity contribution in [3.8, 4) is 0 Å². The van der Waals surface area contributed by atoms with Crippen molar-refractivity contribution >= 4 is 28.9 Å². The minimum atomic E-state index is -0.131. The molecule has 1 saturated heterocycles. The summed E-state index contributed by atoms with van der Waals surface area (Å²) in [5.41, 5.74) is 6.73. The molecule has 1 aromatic carbocycles. The fraction of sp³-hybridized carbons (Fsp3) is 0.500. The Labute approximate surface area is 129 Å². The second kappa shape index (κ2) is 7.09. The van der Waals surface area contributed by atoms with E-state index in [0.29, 0.717) is 29.5 Å². The number of hydrogen-bond donors (Lipinski definition) is 2. The Morgan fingerprint density at radius 1 is 1.38 bits per heavy atom. The lowest BCUT2D eigenvalue weighted by Gasteiger charge is -2.15. The van der Waals surface area contributed by atoms with Crippen LogP contribution >= 0.6 is 11.6 Å². The van der Waals surface area contributed by atoms with E-state index in [1.807, 2.05) is 4.90 Å². The first-order valence-electron chi connectivity index (χ1n) is 6.66. The van der Waals surface area contributed by atoms with Crippen LogP contribution in [0.1, 0.15) is 0 Å². The molecule has 1 aliphatic heterocycles. The molecule has 116 valence electrons. The van der Waals surface area contributed by atoms with E-state index in [-0.39, 0.29) is 24.7 Å². The van der Waals surface area contributed by atoms with Crippen molar-refractivity contribution < 1.29 is 14.3 Å². The number of carbonyl (C=O) groups is 1. The number of carbonyl (C=O) groups excluding carboxylic acids is 1. The zero-order chi connectivity index (χ0) is 15.4. The van der Waals surface area contributed by atoms with Crippen LogP contribution < -0.4 is 11.1 Å². The predicted octanol–water partition coefficient (Wildman–Crippen LogP) is 1.21. The number of likely N-dealkylation sites (tertiary alicyclic amines) is 1. The number of halogens is 1. The molecule has 3 N–H and O–H groups in total. The number of ether oxygens (including phenoxy) is 2. The molecule has 1 heterocycles. The van der Waals surface area contributed by atoms with Gasteiger partial charge in [-0.3, -0.25) is 9.69 Å². The Kier molecular flexibility index (Phi) is 5.41. The molecule has 0 bridgehead atoms. The summed E-state index contributed by atoms with van der Waals surface area (Å²) < 4.78 is 10.7. The van der Waals surface area contributed by atoms with Gasteiger partial charge in [-0.2, -0.15) is 0 Å². The minimum absolute atomic E-state index is 0.0112. The predicted molar refractivity (Wildman–Crippen MR) is 82.5 cm³/mol. The zero-order valence-corrected chi connectivity index (χ0v) is 12.9. The molecular weight excluding hydrogens is 294 g/mol. The molecule has 0 saturated carbocycles. The van der Waals surface area contributed by atoms with E-state index in [0.717, 1.165) is 0 Å². The number of anilines is 2. The fourth-order valence-corrected chi connectivity index (χ4v) is 2.66. The van der Waals surface area contributed by atoms with Crippen molar-refractivity contribution in [3.63, 3.8) is 0 Å². The molecule has 1 aliphatic rings. The van der Waals surface area contributed by atoms with Gasteiger partial charge in [0.25, 0.3) is 0 Å². The Morgan fingerprint density at radius 3 is 2.52 bits per heavy atom. The molecule has 0 aromatic heterocycles. The van der Waals surface area contributed by atoms with Gasteiger partial charge in [-0.15, -0.1) is 0 Å². The highest BCUT2D eigenvalue weighted by molar-refractivity contribution is 6.34. The maximum absolute atomic E-state index is 12.1. The first kappa shape index (κ1) is 16.0. The van der Waals surface area contributed by atoms with Crippen LogP contribution in [0.25, 0.3) is 0 Å². The third-order valence-electron chi connectivity index (χ3n) is 3.53. The van der Waals surface area contributed by atoms with Crippen LogP contribution in [-0.4, -0.2) is 56.9 Å². The summed E-state index contributed by atoms with van der Waals surface area (Å²) in [6.07, 6.45) is -0.0224. The van der Waals surface area contributed by atoms with E-state index < -0.39 is 0 Å². The van der Waals surface area contributed by atoms with E-state index in [9.17, 15) is 4.79 Å². The molecule has 0 aliphatic carbocycles. The van der Waals surface area contributed by atoms with Crippen LogP contribution in [0.3, 0.4) is 0 Å². The van der Waals surface area contributed by atoms with Gasteiger partial charge >= 0.3 is 0 Å². The van der Waals surface area contributed by atoms with E-state index in [4.69, 9.17) is 26.8 Å². The first-order valence-corrected chi connectivity index (χ1v) is 7.04. The lowest BCUT2D eigenvalue weighted by atomic mass is 10.3. The second-order valence-electron chi connectivity index (χ2n) is 5.03. The lowest BCUT2D eigenvalue weighted by molar-refractivity contribution is -0.117. The summed E-state index contributed by atoms with van der Waals surface area (Å²) in [6, 6.07) is 4.99. The van der Waals surface area contributed by atoms with Crippen molar-refractivity contribution in [2.75, 3.05) is 44.9 Å². The number of nitrogen functional groups attached to an aromatic ring is 1. The van der Waals surface area contributed by atoms with Crippen molar-refractivity contribution in [1.82, 2.24) is 4.90 Å². The molecule has 2 rings (SSSR count). The molecule has 1 aromatic rings. The highest BCUT2D eigenvalue weighted by Crippen LogP contribution is 2.24. The van der Waals surface area contributed by atoms with Crippen LogP contribution in [0.4, 0.5) is 11.4 Å². The van der Waals surface area contributed by atoms with Crippen molar-refractivity contribution in [2.45, 2.75) is 12.2 Å². The number of amides is 1. The summed E-state index contributed by atoms with van der Waals surface area (Å²) in [5.74, 6) is -0.131. The standard InChI is InChI=1S/C14H20ClN3O3/c1-20-12-6-18(7-13(12)21-2)8-14(19)17-11-4-3-9(16)5-10(11)15/h3-5,12-13H,6-8,16H2,1-2H3,(H,17,19). The van der Waals surface area contributed by atoms with Gasteiger partial charge in [0.05, 0.1) is 29.5 Å². The van der Waals surface area contributed by atoms with Gasteiger partial charge in [-0.05, 0) is 18.2 Å². The lowest BCUT2D eigenvalue weighted by Crippen LogP contribution is -2.32. The molecule has 1 fully saturated rings. The first-order chi connectivity index (χ1) is 10.0. The second-order valence-corrected chi connectivity index (χ2v) is 5.44. The smallest absolute Gasteiger partial charge is 0.238 e. The van der Waals surface area contributed by atoms with Gasteiger partial charge in [0.1, 0.15) is 0 Å². The van der Waals surface area contributed by atoms with Crippen LogP contribution in [0.2, 0.25) is 5.02 Å². The SMILES string of the molecule is COC1CN(CC(=O)Nc2ccc(N)cc2Cl)CC1OC. The summed E-state index contributed by atoms with van der Waals surface area (Å²) in [5, 5.41) is 3.21. The third-order valence-corrected chi connectivity index (χ3v) is 3.84. The highest BCUT2D eigenvalue weighted by Gasteiger charge is 2.33. The molecule has 0 spiro atoms. The van der Waals surface area contributed by atoms with Crippen LogP contribution in [0.15, 0.2) is 18.2 Å². The number of nitrogens with one attached hydrogen (secondary N) is 1. The number of nitrogens with zero attached hydrogens (tertiary/aromatic N) is 1. The van der Waals surface area contributed by atoms with Gasteiger partial charge in [-0.1, -0.05) is 11.6 Å². The van der Waals surface area contributed by atoms with Gasteiger partial charge in [0.2, 0.25) is 5.91 Å². The molecule has 21 heavy (non-hydrogen) atoms. The largest absolute Gasteiger partial charge is 0.399 e. The van der Waals surface area contributed by atoms with Crippen molar-refractivity contribution in [2.24, 2.45) is 0 Å². The molecule has 1 amide bonds. The number of methoxy groups -OCH3 is 2. The number of benzene rings is 1. The molecule has 0 radical (unpaired) electrons. The minimum Gasteiger partial charge on any atom is -0.399 e. The Bertz CT molecular complexity index is 500. The van der Waals surface area contributed by atoms with Gasteiger partial charge in [0.15, 0.2) is 0 Å². The number of rotatable bonds is 5. The average Bonchev–Trinajstić information content (AvgIpc) is 2.84. The topological polar surface area (TPSA) is 76.8 Å². The van der Waals surface area contributed by atoms with Gasteiger partial charge < -0.3 is 20.5 Å². The van der Waals surface area contributed by atoms with Crippen molar-refractivity contribution in [3.05, 3.63) is 23.2 Å². The average molecular weight is 314 g/mol. The molecule has 6 nitrogen and oxygen atoms in total. The fourth-order valence-electron chi connectivity index (χ4n) is 2.43. The molecular formula is C14H20ClN3O3. The van der Waals surface area contributed by atoms with Crippen LogP contribution in [0.5, 0.6) is 0 Å². The van der Waals surface area contributed by atoms with Crippen LogP contribution in [0, 0.1) is 0 Å². The van der Waals surface area contributed by atoms with E-state index >= 15 is 0 Å². The molecule has 2 atom stereocenters. The van der Waals surface area contributed by atoms with E-state index in [1.54, 1.807) is 32.4 Å². The summed E-state index contributed by atoms with van der Waals surface area (Å²) in [4.78, 5) is 14.1. The van der Waals surface area contributed by atoms with Gasteiger partial charge in [0, 0.05) is 33.0 Å². The van der Waals surface area contributed by atoms with Crippen molar-refractivity contribution in [1.29, 1.82) is 0 Å². The number of hydrogen-bond acceptors (Lipinski definition) is 5. The summed E-state index contributed by atoms with van der Waals surface area (Å²) in [6.45, 7) is 1.59. The highest BCUT2D eigenvalue weighted by atomic mass is 35.5. The van der Waals surface area contributed by atoms with Crippen LogP contribution in [-0.2, 0) is 14.3 Å². The van der Waals surface area contributed by atoms with E-state index in [1.165, 1.54) is 0 Å². The Morgan fingerprint density at radius 2 is 2.00 bits per heavy atom. The molecule has 2 unspecified atom stereocenters. The Balaban J connectivity index is 1.90. The summed E-state index contributed by atoms with van der Waals surface area (Å²) >= 11 is 6.03. The quantitative estimate of drug-likeness (QED) is 0.799. The maximum atomic E-state index is 12.1. The number of nitrogens with two attached hydrogens (primary N) is 1. The zero-order valence-electron chi connectivity index (χ0n) is 12.1. The van der Waals surface area contributed by atoms with E-state index in [2.05, 4.69) is 5.32 Å². The third kappa shape index (κ3) is 4.07. The molecule has 7 heteroatoms. The van der Waals surface area contributed by atoms with Gasteiger partial charge in [-0.25, -0.2) is 0 Å².